The molecule has 1 aromatic carbocycles. The molecule has 19 heavy (non-hydrogen) atoms. The molecule has 1 heterocycles. The first-order chi connectivity index (χ1) is 8.77. The highest BCUT2D eigenvalue weighted by Crippen LogP contribution is 2.38. The van der Waals surface area contributed by atoms with Crippen LogP contribution in [0.25, 0.3) is 0 Å². The van der Waals surface area contributed by atoms with Gasteiger partial charge in [0, 0.05) is 4.90 Å². The molecule has 0 unspecified atom stereocenters. The Morgan fingerprint density at radius 3 is 2.79 bits per heavy atom. The molecule has 0 saturated heterocycles. The number of nitrogens with two attached hydrogens (primary N) is 2. The molecule has 1 amide bonds. The second-order valence-electron chi connectivity index (χ2n) is 3.86. The molecule has 0 bridgehead atoms. The van der Waals surface area contributed by atoms with Crippen molar-refractivity contribution < 1.29 is 13.2 Å². The van der Waals surface area contributed by atoms with E-state index in [1.807, 2.05) is 0 Å². The number of carbonyl (C=O) groups is 1. The van der Waals surface area contributed by atoms with Crippen LogP contribution in [-0.4, -0.2) is 31.8 Å². The Morgan fingerprint density at radius 2 is 2.21 bits per heavy atom. The highest BCUT2D eigenvalue weighted by Gasteiger charge is 2.22. The molecule has 0 atom stereocenters. The van der Waals surface area contributed by atoms with Crippen LogP contribution in [0, 0.1) is 0 Å². The lowest BCUT2D eigenvalue weighted by atomic mass is 10.3. The normalized spacial score (nSPS) is 15.7. The number of anilines is 1. The van der Waals surface area contributed by atoms with E-state index in [1.54, 1.807) is 4.31 Å². The number of hydrogen-bond acceptors (Lipinski definition) is 6. The summed E-state index contributed by atoms with van der Waals surface area (Å²) in [5.41, 5.74) is 5.79. The minimum atomic E-state index is -3.89. The quantitative estimate of drug-likeness (QED) is 0.682. The molecule has 10 heteroatoms. The van der Waals surface area contributed by atoms with E-state index >= 15 is 0 Å². The van der Waals surface area contributed by atoms with Gasteiger partial charge in [-0.15, -0.1) is 0 Å². The minimum Gasteiger partial charge on any atom is -0.370 e. The van der Waals surface area contributed by atoms with Crippen LogP contribution in [0.1, 0.15) is 0 Å². The maximum absolute atomic E-state index is 11.4. The number of hydrogen-bond donors (Lipinski definition) is 3. The molecule has 0 saturated carbocycles. The first-order valence-electron chi connectivity index (χ1n) is 5.09. The van der Waals surface area contributed by atoms with Crippen LogP contribution in [-0.2, 0) is 14.8 Å². The van der Waals surface area contributed by atoms with Crippen LogP contribution >= 0.6 is 23.5 Å². The van der Waals surface area contributed by atoms with E-state index in [1.165, 1.54) is 24.1 Å². The number of halogens is 1. The van der Waals surface area contributed by atoms with Crippen molar-refractivity contribution in [1.82, 2.24) is 4.31 Å². The minimum absolute atomic E-state index is 0.0461. The average Bonchev–Trinajstić information content (AvgIpc) is 2.26. The summed E-state index contributed by atoms with van der Waals surface area (Å²) < 4.78 is 24.4. The fourth-order valence-corrected chi connectivity index (χ4v) is 3.75. The highest BCUT2D eigenvalue weighted by atomic mass is 35.5. The molecule has 0 fully saturated rings. The van der Waals surface area contributed by atoms with Gasteiger partial charge in [-0.05, 0) is 24.1 Å². The second kappa shape index (κ2) is 5.17. The van der Waals surface area contributed by atoms with Gasteiger partial charge in [0.05, 0.1) is 23.9 Å². The summed E-state index contributed by atoms with van der Waals surface area (Å²) in [6, 6.07) is 2.86. The van der Waals surface area contributed by atoms with Gasteiger partial charge in [0.15, 0.2) is 0 Å². The van der Waals surface area contributed by atoms with E-state index in [4.69, 9.17) is 22.5 Å². The lowest BCUT2D eigenvalue weighted by molar-refractivity contribution is -0.118. The number of carbonyl (C=O) groups excluding carboxylic acids is 1. The second-order valence-corrected chi connectivity index (χ2v) is 6.93. The molecule has 0 aromatic heterocycles. The zero-order valence-electron chi connectivity index (χ0n) is 9.59. The van der Waals surface area contributed by atoms with Crippen molar-refractivity contribution in [2.24, 2.45) is 10.9 Å². The van der Waals surface area contributed by atoms with Gasteiger partial charge in [0.1, 0.15) is 4.90 Å². The molecule has 1 aliphatic rings. The topological polar surface area (TPSA) is 119 Å². The third-order valence-corrected chi connectivity index (χ3v) is 4.77. The van der Waals surface area contributed by atoms with E-state index in [-0.39, 0.29) is 16.5 Å². The monoisotopic (exact) mass is 322 g/mol. The Balaban J connectivity index is 2.36. The van der Waals surface area contributed by atoms with Crippen molar-refractivity contribution in [3.05, 3.63) is 17.2 Å². The van der Waals surface area contributed by atoms with Gasteiger partial charge < -0.3 is 11.1 Å². The van der Waals surface area contributed by atoms with Gasteiger partial charge in [0.2, 0.25) is 15.9 Å². The van der Waals surface area contributed by atoms with Crippen molar-refractivity contribution in [2.75, 3.05) is 18.5 Å². The summed E-state index contributed by atoms with van der Waals surface area (Å²) in [6.07, 6.45) is 0. The molecular weight excluding hydrogens is 312 g/mol. The lowest BCUT2D eigenvalue weighted by Gasteiger charge is -2.28. The fraction of sp³-hybridized carbons (Fsp3) is 0.222. The van der Waals surface area contributed by atoms with Gasteiger partial charge in [0.25, 0.3) is 0 Å². The Morgan fingerprint density at radius 1 is 1.53 bits per heavy atom. The summed E-state index contributed by atoms with van der Waals surface area (Å²) in [6.45, 7) is 0.441. The number of nitrogens with zero attached hydrogens (tertiary/aromatic N) is 1. The Bertz CT molecular complexity index is 635. The predicted octanol–water partition coefficient (Wildman–Crippen LogP) is 0.165. The summed E-state index contributed by atoms with van der Waals surface area (Å²) in [5, 5.41) is 8.14. The van der Waals surface area contributed by atoms with Crippen molar-refractivity contribution in [1.29, 1.82) is 0 Å². The summed E-state index contributed by atoms with van der Waals surface area (Å²) >= 11 is 7.09. The molecule has 1 aliphatic heterocycles. The molecule has 0 spiro atoms. The molecular formula is C9H11ClN4O3S2. The van der Waals surface area contributed by atoms with E-state index in [2.05, 4.69) is 5.32 Å². The number of nitrogens with one attached hydrogen (secondary N) is 1. The van der Waals surface area contributed by atoms with Crippen LogP contribution in [0.2, 0.25) is 5.02 Å². The largest absolute Gasteiger partial charge is 0.370 e. The lowest BCUT2D eigenvalue weighted by Crippen LogP contribution is -2.34. The summed E-state index contributed by atoms with van der Waals surface area (Å²) in [4.78, 5) is 11.3. The first kappa shape index (κ1) is 14.4. The number of fused-ring (bicyclic) bond motifs is 1. The highest BCUT2D eigenvalue weighted by molar-refractivity contribution is 7.97. The molecule has 7 nitrogen and oxygen atoms in total. The molecule has 2 rings (SSSR count). The van der Waals surface area contributed by atoms with Crippen molar-refractivity contribution in [3.63, 3.8) is 0 Å². The predicted molar refractivity (Wildman–Crippen MR) is 73.1 cm³/mol. The smallest absolute Gasteiger partial charge is 0.239 e. The van der Waals surface area contributed by atoms with E-state index in [0.717, 1.165) is 0 Å². The Kier molecular flexibility index (Phi) is 3.92. The van der Waals surface area contributed by atoms with Gasteiger partial charge in [-0.2, -0.15) is 0 Å². The molecule has 0 aliphatic carbocycles. The van der Waals surface area contributed by atoms with Crippen molar-refractivity contribution >= 4 is 45.2 Å². The molecule has 1 aromatic rings. The number of primary amides is 1. The van der Waals surface area contributed by atoms with Crippen LogP contribution in [0.3, 0.4) is 0 Å². The van der Waals surface area contributed by atoms with Gasteiger partial charge >= 0.3 is 0 Å². The average molecular weight is 323 g/mol. The van der Waals surface area contributed by atoms with E-state index in [9.17, 15) is 13.2 Å². The van der Waals surface area contributed by atoms with Gasteiger partial charge in [-0.3, -0.25) is 4.79 Å². The van der Waals surface area contributed by atoms with Gasteiger partial charge in [-0.1, -0.05) is 11.6 Å². The zero-order chi connectivity index (χ0) is 14.2. The Hall–Kier alpha value is -1.00. The first-order valence-corrected chi connectivity index (χ1v) is 7.78. The molecule has 0 radical (unpaired) electrons. The zero-order valence-corrected chi connectivity index (χ0v) is 12.0. The Labute approximate surface area is 119 Å². The third kappa shape index (κ3) is 3.31. The maximum Gasteiger partial charge on any atom is 0.239 e. The van der Waals surface area contributed by atoms with Crippen molar-refractivity contribution in [3.8, 4) is 0 Å². The number of rotatable bonds is 3. The third-order valence-electron chi connectivity index (χ3n) is 2.35. The number of benzene rings is 1. The van der Waals surface area contributed by atoms with E-state index in [0.29, 0.717) is 17.3 Å². The summed E-state index contributed by atoms with van der Waals surface area (Å²) in [7, 11) is -3.89. The van der Waals surface area contributed by atoms with Crippen LogP contribution < -0.4 is 16.2 Å². The SMILES string of the molecule is NC(=O)CN1CNc2cc(Cl)c(S(N)(=O)=O)cc2S1. The molecule has 104 valence electrons. The maximum atomic E-state index is 11.4. The fourth-order valence-electron chi connectivity index (χ4n) is 1.57. The van der Waals surface area contributed by atoms with Crippen LogP contribution in [0.4, 0.5) is 5.69 Å². The van der Waals surface area contributed by atoms with Crippen LogP contribution in [0.5, 0.6) is 0 Å². The van der Waals surface area contributed by atoms with Crippen molar-refractivity contribution in [2.45, 2.75) is 9.79 Å². The number of amides is 1. The van der Waals surface area contributed by atoms with Gasteiger partial charge in [-0.25, -0.2) is 17.9 Å². The standard InChI is InChI=1S/C9H11ClN4O3S2/c10-5-1-6-7(2-8(5)19(12,16)17)18-14(4-13-6)3-9(11)15/h1-2,13H,3-4H2,(H2,11,15)(H2,12,16,17). The summed E-state index contributed by atoms with van der Waals surface area (Å²) in [5.74, 6) is -0.474. The molecule has 5 N–H and O–H groups in total. The number of sulfonamides is 1. The van der Waals surface area contributed by atoms with Crippen LogP contribution in [0.15, 0.2) is 21.9 Å². The van der Waals surface area contributed by atoms with E-state index < -0.39 is 15.9 Å². The number of primary sulfonamides is 1.